The summed E-state index contributed by atoms with van der Waals surface area (Å²) < 4.78 is 0.824. The molecule has 0 saturated heterocycles. The molecule has 0 radical (unpaired) electrons. The maximum atomic E-state index is 11.3. The molecule has 3 nitrogen and oxygen atoms in total. The molecule has 0 heterocycles. The van der Waals surface area contributed by atoms with Gasteiger partial charge < -0.3 is 10.0 Å². The van der Waals surface area contributed by atoms with Crippen LogP contribution >= 0.6 is 15.9 Å². The van der Waals surface area contributed by atoms with Crippen molar-refractivity contribution in [3.8, 4) is 0 Å². The molecule has 0 amide bonds. The highest BCUT2D eigenvalue weighted by atomic mass is 79.9. The zero-order valence-electron chi connectivity index (χ0n) is 10.2. The SMILES string of the molecule is CCN(CCCO)c1ccc(C(C)=O)c(Br)c1. The van der Waals surface area contributed by atoms with Crippen molar-refractivity contribution >= 4 is 27.4 Å². The summed E-state index contributed by atoms with van der Waals surface area (Å²) in [6, 6.07) is 5.74. The lowest BCUT2D eigenvalue weighted by atomic mass is 10.1. The van der Waals surface area contributed by atoms with E-state index in [4.69, 9.17) is 5.11 Å². The topological polar surface area (TPSA) is 40.5 Å². The number of anilines is 1. The lowest BCUT2D eigenvalue weighted by Crippen LogP contribution is -2.24. The highest BCUT2D eigenvalue weighted by Gasteiger charge is 2.09. The third-order valence-electron chi connectivity index (χ3n) is 2.66. The fourth-order valence-corrected chi connectivity index (χ4v) is 2.36. The second-order valence-corrected chi connectivity index (χ2v) is 4.73. The number of benzene rings is 1. The molecule has 0 atom stereocenters. The predicted octanol–water partition coefficient (Wildman–Crippen LogP) is 2.86. The van der Waals surface area contributed by atoms with Crippen molar-refractivity contribution in [3.63, 3.8) is 0 Å². The van der Waals surface area contributed by atoms with E-state index in [1.807, 2.05) is 18.2 Å². The normalized spacial score (nSPS) is 10.4. The first kappa shape index (κ1) is 14.2. The van der Waals surface area contributed by atoms with Gasteiger partial charge in [0.1, 0.15) is 0 Å². The minimum absolute atomic E-state index is 0.0573. The molecule has 0 aliphatic rings. The number of carbonyl (C=O) groups is 1. The van der Waals surface area contributed by atoms with Crippen molar-refractivity contribution < 1.29 is 9.90 Å². The van der Waals surface area contributed by atoms with E-state index in [0.717, 1.165) is 29.7 Å². The number of Topliss-reactive ketones (excluding diaryl/α,β-unsaturated/α-hetero) is 1. The molecule has 1 rings (SSSR count). The zero-order valence-corrected chi connectivity index (χ0v) is 11.8. The summed E-state index contributed by atoms with van der Waals surface area (Å²) in [5.74, 6) is 0.0573. The second kappa shape index (κ2) is 6.77. The Kier molecular flexibility index (Phi) is 5.65. The van der Waals surface area contributed by atoms with Gasteiger partial charge >= 0.3 is 0 Å². The van der Waals surface area contributed by atoms with E-state index in [0.29, 0.717) is 5.56 Å². The van der Waals surface area contributed by atoms with Crippen LogP contribution in [0.15, 0.2) is 22.7 Å². The highest BCUT2D eigenvalue weighted by Crippen LogP contribution is 2.24. The van der Waals surface area contributed by atoms with E-state index in [1.165, 1.54) is 0 Å². The van der Waals surface area contributed by atoms with Gasteiger partial charge in [0.25, 0.3) is 0 Å². The lowest BCUT2D eigenvalue weighted by Gasteiger charge is -2.23. The third-order valence-corrected chi connectivity index (χ3v) is 3.32. The number of rotatable bonds is 6. The van der Waals surface area contributed by atoms with Gasteiger partial charge in [0.05, 0.1) is 0 Å². The van der Waals surface area contributed by atoms with Crippen LogP contribution in [-0.2, 0) is 0 Å². The third kappa shape index (κ3) is 3.82. The molecule has 0 unspecified atom stereocenters. The monoisotopic (exact) mass is 299 g/mol. The van der Waals surface area contributed by atoms with Gasteiger partial charge in [-0.2, -0.15) is 0 Å². The van der Waals surface area contributed by atoms with E-state index >= 15 is 0 Å². The number of halogens is 1. The summed E-state index contributed by atoms with van der Waals surface area (Å²) in [6.45, 7) is 5.53. The quantitative estimate of drug-likeness (QED) is 0.821. The van der Waals surface area contributed by atoms with Crippen LogP contribution in [0.25, 0.3) is 0 Å². The summed E-state index contributed by atoms with van der Waals surface area (Å²) in [7, 11) is 0. The number of aliphatic hydroxyl groups is 1. The smallest absolute Gasteiger partial charge is 0.160 e. The Morgan fingerprint density at radius 1 is 1.47 bits per heavy atom. The molecule has 0 spiro atoms. The predicted molar refractivity (Wildman–Crippen MR) is 73.7 cm³/mol. The molecule has 4 heteroatoms. The van der Waals surface area contributed by atoms with Gasteiger partial charge in [-0.15, -0.1) is 0 Å². The Balaban J connectivity index is 2.90. The Bertz CT molecular complexity index is 393. The van der Waals surface area contributed by atoms with Crippen LogP contribution in [-0.4, -0.2) is 30.6 Å². The molecule has 0 bridgehead atoms. The summed E-state index contributed by atoms with van der Waals surface area (Å²) in [5.41, 5.74) is 1.77. The second-order valence-electron chi connectivity index (χ2n) is 3.88. The number of aliphatic hydroxyl groups excluding tert-OH is 1. The molecule has 1 aromatic carbocycles. The van der Waals surface area contributed by atoms with Crippen LogP contribution in [0.3, 0.4) is 0 Å². The molecule has 1 aromatic rings. The van der Waals surface area contributed by atoms with Gasteiger partial charge in [0.2, 0.25) is 0 Å². The first-order chi connectivity index (χ1) is 8.10. The number of hydrogen-bond acceptors (Lipinski definition) is 3. The molecular weight excluding hydrogens is 282 g/mol. The summed E-state index contributed by atoms with van der Waals surface area (Å²) in [6.07, 6.45) is 0.750. The van der Waals surface area contributed by atoms with Gasteiger partial charge in [0, 0.05) is 35.4 Å². The van der Waals surface area contributed by atoms with E-state index in [-0.39, 0.29) is 12.4 Å². The fraction of sp³-hybridized carbons (Fsp3) is 0.462. The summed E-state index contributed by atoms with van der Waals surface area (Å²) in [5, 5.41) is 8.85. The first-order valence-electron chi connectivity index (χ1n) is 5.76. The van der Waals surface area contributed by atoms with Crippen LogP contribution in [0.1, 0.15) is 30.6 Å². The molecule has 17 heavy (non-hydrogen) atoms. The fourth-order valence-electron chi connectivity index (χ4n) is 1.72. The van der Waals surface area contributed by atoms with Gasteiger partial charge in [-0.25, -0.2) is 0 Å². The largest absolute Gasteiger partial charge is 0.396 e. The zero-order chi connectivity index (χ0) is 12.8. The van der Waals surface area contributed by atoms with Crippen LogP contribution < -0.4 is 4.90 Å². The average Bonchev–Trinajstić information content (AvgIpc) is 2.29. The van der Waals surface area contributed by atoms with Gasteiger partial charge in [0.15, 0.2) is 5.78 Å². The van der Waals surface area contributed by atoms with Crippen molar-refractivity contribution in [1.82, 2.24) is 0 Å². The highest BCUT2D eigenvalue weighted by molar-refractivity contribution is 9.10. The van der Waals surface area contributed by atoms with Crippen molar-refractivity contribution in [2.75, 3.05) is 24.6 Å². The van der Waals surface area contributed by atoms with Crippen molar-refractivity contribution in [1.29, 1.82) is 0 Å². The Hall–Kier alpha value is -0.870. The molecule has 1 N–H and O–H groups in total. The molecular formula is C13H18BrNO2. The summed E-state index contributed by atoms with van der Waals surface area (Å²) in [4.78, 5) is 13.5. The van der Waals surface area contributed by atoms with E-state index < -0.39 is 0 Å². The number of hydrogen-bond donors (Lipinski definition) is 1. The molecule has 94 valence electrons. The Labute approximate surface area is 111 Å². The molecule has 0 aliphatic heterocycles. The van der Waals surface area contributed by atoms with Crippen molar-refractivity contribution in [2.45, 2.75) is 20.3 Å². The Morgan fingerprint density at radius 3 is 2.65 bits per heavy atom. The maximum absolute atomic E-state index is 11.3. The number of nitrogens with zero attached hydrogens (tertiary/aromatic N) is 1. The van der Waals surface area contributed by atoms with E-state index in [2.05, 4.69) is 27.8 Å². The average molecular weight is 300 g/mol. The van der Waals surface area contributed by atoms with Crippen LogP contribution in [0.2, 0.25) is 0 Å². The standard InChI is InChI=1S/C13H18BrNO2/c1-3-15(7-4-8-16)11-5-6-12(10(2)17)13(14)9-11/h5-6,9,16H,3-4,7-8H2,1-2H3. The molecule has 0 aliphatic carbocycles. The van der Waals surface area contributed by atoms with Crippen molar-refractivity contribution in [3.05, 3.63) is 28.2 Å². The molecule has 0 aromatic heterocycles. The first-order valence-corrected chi connectivity index (χ1v) is 6.55. The minimum atomic E-state index is 0.0573. The maximum Gasteiger partial charge on any atom is 0.160 e. The van der Waals surface area contributed by atoms with Crippen molar-refractivity contribution in [2.24, 2.45) is 0 Å². The number of carbonyl (C=O) groups excluding carboxylic acids is 1. The van der Waals surface area contributed by atoms with Crippen LogP contribution in [0, 0.1) is 0 Å². The van der Waals surface area contributed by atoms with Crippen LogP contribution in [0.4, 0.5) is 5.69 Å². The Morgan fingerprint density at radius 2 is 2.18 bits per heavy atom. The lowest BCUT2D eigenvalue weighted by molar-refractivity contribution is 0.101. The number of ketones is 1. The summed E-state index contributed by atoms with van der Waals surface area (Å²) >= 11 is 3.42. The minimum Gasteiger partial charge on any atom is -0.396 e. The van der Waals surface area contributed by atoms with Crippen LogP contribution in [0.5, 0.6) is 0 Å². The van der Waals surface area contributed by atoms with Gasteiger partial charge in [-0.3, -0.25) is 4.79 Å². The molecule has 0 fully saturated rings. The molecule has 0 saturated carbocycles. The van der Waals surface area contributed by atoms with Gasteiger partial charge in [-0.05, 0) is 54.4 Å². The van der Waals surface area contributed by atoms with E-state index in [9.17, 15) is 4.79 Å². The van der Waals surface area contributed by atoms with Gasteiger partial charge in [-0.1, -0.05) is 0 Å². The van der Waals surface area contributed by atoms with E-state index in [1.54, 1.807) is 6.92 Å².